The monoisotopic (exact) mass is 272 g/mol. The summed E-state index contributed by atoms with van der Waals surface area (Å²) in [6, 6.07) is 0.570. The maximum absolute atomic E-state index is 11.7. The molecule has 19 heavy (non-hydrogen) atoms. The Hall–Kier alpha value is -0.770. The molecule has 3 unspecified atom stereocenters. The Labute approximate surface area is 118 Å². The lowest BCUT2D eigenvalue weighted by Gasteiger charge is -2.26. The Morgan fingerprint density at radius 3 is 2.16 bits per heavy atom. The van der Waals surface area contributed by atoms with E-state index in [9.17, 15) is 4.79 Å². The van der Waals surface area contributed by atoms with E-state index >= 15 is 0 Å². The number of carbonyl (C=O) groups is 1. The molecule has 0 aliphatic carbocycles. The molecule has 0 aliphatic heterocycles. The predicted molar refractivity (Wildman–Crippen MR) is 80.4 cm³/mol. The highest BCUT2D eigenvalue weighted by molar-refractivity contribution is 5.68. The van der Waals surface area contributed by atoms with Crippen molar-refractivity contribution in [1.82, 2.24) is 10.6 Å². The standard InChI is InChI=1S/C15H32N2O2/c1-8-11(3)12(4)16-10-13(9-2)17-14(18)19-15(5,6)7/h11-13,16H,8-10H2,1-7H3,(H,17,18). The van der Waals surface area contributed by atoms with E-state index in [1.165, 1.54) is 0 Å². The molecule has 0 aromatic heterocycles. The molecule has 4 heteroatoms. The van der Waals surface area contributed by atoms with E-state index in [-0.39, 0.29) is 12.1 Å². The number of hydrogen-bond acceptors (Lipinski definition) is 3. The summed E-state index contributed by atoms with van der Waals surface area (Å²) in [7, 11) is 0. The molecule has 0 aromatic carbocycles. The number of ether oxygens (including phenoxy) is 1. The first-order valence-corrected chi connectivity index (χ1v) is 7.42. The fourth-order valence-corrected chi connectivity index (χ4v) is 1.65. The minimum atomic E-state index is -0.445. The van der Waals surface area contributed by atoms with Crippen LogP contribution in [0.1, 0.15) is 61.3 Å². The number of nitrogens with one attached hydrogen (secondary N) is 2. The Kier molecular flexibility index (Phi) is 8.07. The third-order valence-electron chi connectivity index (χ3n) is 3.40. The van der Waals surface area contributed by atoms with Crippen molar-refractivity contribution in [3.05, 3.63) is 0 Å². The maximum Gasteiger partial charge on any atom is 0.407 e. The van der Waals surface area contributed by atoms with Gasteiger partial charge in [-0.2, -0.15) is 0 Å². The van der Waals surface area contributed by atoms with Crippen LogP contribution >= 0.6 is 0 Å². The summed E-state index contributed by atoms with van der Waals surface area (Å²) in [5.41, 5.74) is -0.445. The van der Waals surface area contributed by atoms with Crippen molar-refractivity contribution in [2.24, 2.45) is 5.92 Å². The quantitative estimate of drug-likeness (QED) is 0.747. The van der Waals surface area contributed by atoms with E-state index in [0.29, 0.717) is 12.0 Å². The normalized spacial score (nSPS) is 16.6. The molecule has 0 bridgehead atoms. The fraction of sp³-hybridized carbons (Fsp3) is 0.933. The van der Waals surface area contributed by atoms with Gasteiger partial charge in [-0.15, -0.1) is 0 Å². The van der Waals surface area contributed by atoms with Gasteiger partial charge in [-0.3, -0.25) is 0 Å². The summed E-state index contributed by atoms with van der Waals surface area (Å²) in [6.45, 7) is 15.1. The van der Waals surface area contributed by atoms with E-state index in [4.69, 9.17) is 4.74 Å². The molecule has 4 nitrogen and oxygen atoms in total. The zero-order valence-electron chi connectivity index (χ0n) is 13.7. The molecule has 1 amide bonds. The Morgan fingerprint density at radius 1 is 1.16 bits per heavy atom. The first-order valence-electron chi connectivity index (χ1n) is 7.42. The van der Waals surface area contributed by atoms with Gasteiger partial charge in [-0.1, -0.05) is 27.2 Å². The summed E-state index contributed by atoms with van der Waals surface area (Å²) in [6.07, 6.45) is 1.71. The van der Waals surface area contributed by atoms with Crippen LogP contribution in [0.15, 0.2) is 0 Å². The van der Waals surface area contributed by atoms with Gasteiger partial charge in [0.25, 0.3) is 0 Å². The third-order valence-corrected chi connectivity index (χ3v) is 3.40. The van der Waals surface area contributed by atoms with E-state index in [1.54, 1.807) is 0 Å². The van der Waals surface area contributed by atoms with Crippen molar-refractivity contribution >= 4 is 6.09 Å². The molecule has 0 aromatic rings. The highest BCUT2D eigenvalue weighted by Gasteiger charge is 2.19. The summed E-state index contributed by atoms with van der Waals surface area (Å²) < 4.78 is 5.27. The molecule has 0 heterocycles. The van der Waals surface area contributed by atoms with Crippen LogP contribution in [0.25, 0.3) is 0 Å². The summed E-state index contributed by atoms with van der Waals surface area (Å²) in [5, 5.41) is 6.39. The van der Waals surface area contributed by atoms with Gasteiger partial charge in [0.15, 0.2) is 0 Å². The van der Waals surface area contributed by atoms with Crippen molar-refractivity contribution in [2.75, 3.05) is 6.54 Å². The highest BCUT2D eigenvalue weighted by atomic mass is 16.6. The van der Waals surface area contributed by atoms with Gasteiger partial charge in [0.2, 0.25) is 0 Å². The first-order chi connectivity index (χ1) is 8.69. The number of carbonyl (C=O) groups excluding carboxylic acids is 1. The number of alkyl carbamates (subject to hydrolysis) is 1. The largest absolute Gasteiger partial charge is 0.444 e. The second-order valence-electron chi connectivity index (χ2n) is 6.33. The molecular weight excluding hydrogens is 240 g/mol. The molecule has 3 atom stereocenters. The summed E-state index contributed by atoms with van der Waals surface area (Å²) in [5.74, 6) is 0.638. The topological polar surface area (TPSA) is 50.4 Å². The Morgan fingerprint density at radius 2 is 1.74 bits per heavy atom. The molecule has 2 N–H and O–H groups in total. The van der Waals surface area contributed by atoms with Gasteiger partial charge < -0.3 is 15.4 Å². The van der Waals surface area contributed by atoms with Crippen molar-refractivity contribution < 1.29 is 9.53 Å². The smallest absolute Gasteiger partial charge is 0.407 e. The molecule has 0 saturated carbocycles. The lowest BCUT2D eigenvalue weighted by atomic mass is 10.0. The summed E-state index contributed by atoms with van der Waals surface area (Å²) in [4.78, 5) is 11.7. The molecule has 0 rings (SSSR count). The van der Waals surface area contributed by atoms with E-state index in [1.807, 2.05) is 20.8 Å². The number of hydrogen-bond donors (Lipinski definition) is 2. The van der Waals surface area contributed by atoms with Crippen LogP contribution in [-0.4, -0.2) is 30.3 Å². The molecule has 0 radical (unpaired) electrons. The van der Waals surface area contributed by atoms with Gasteiger partial charge in [0.1, 0.15) is 5.60 Å². The molecule has 0 spiro atoms. The van der Waals surface area contributed by atoms with Crippen LogP contribution in [0.3, 0.4) is 0 Å². The first kappa shape index (κ1) is 18.2. The minimum Gasteiger partial charge on any atom is -0.444 e. The lowest BCUT2D eigenvalue weighted by Crippen LogP contribution is -2.46. The second kappa shape index (κ2) is 8.41. The molecule has 0 fully saturated rings. The average molecular weight is 272 g/mol. The van der Waals surface area contributed by atoms with E-state index in [2.05, 4.69) is 38.3 Å². The highest BCUT2D eigenvalue weighted by Crippen LogP contribution is 2.08. The third kappa shape index (κ3) is 8.87. The van der Waals surface area contributed by atoms with Gasteiger partial charge in [-0.05, 0) is 40.0 Å². The van der Waals surface area contributed by atoms with Crippen LogP contribution in [0.5, 0.6) is 0 Å². The Balaban J connectivity index is 4.11. The fourth-order valence-electron chi connectivity index (χ4n) is 1.65. The zero-order valence-corrected chi connectivity index (χ0v) is 13.7. The van der Waals surface area contributed by atoms with Crippen LogP contribution in [-0.2, 0) is 4.74 Å². The number of amides is 1. The molecule has 0 saturated heterocycles. The van der Waals surface area contributed by atoms with Crippen LogP contribution in [0.2, 0.25) is 0 Å². The van der Waals surface area contributed by atoms with Gasteiger partial charge in [-0.25, -0.2) is 4.79 Å². The summed E-state index contributed by atoms with van der Waals surface area (Å²) >= 11 is 0. The van der Waals surface area contributed by atoms with Crippen LogP contribution in [0, 0.1) is 5.92 Å². The average Bonchev–Trinajstić information content (AvgIpc) is 2.30. The van der Waals surface area contributed by atoms with Crippen LogP contribution in [0.4, 0.5) is 4.79 Å². The zero-order chi connectivity index (χ0) is 15.1. The van der Waals surface area contributed by atoms with Gasteiger partial charge in [0, 0.05) is 18.6 Å². The van der Waals surface area contributed by atoms with Crippen molar-refractivity contribution in [1.29, 1.82) is 0 Å². The van der Waals surface area contributed by atoms with Crippen molar-refractivity contribution in [3.63, 3.8) is 0 Å². The van der Waals surface area contributed by atoms with Crippen molar-refractivity contribution in [3.8, 4) is 0 Å². The lowest BCUT2D eigenvalue weighted by molar-refractivity contribution is 0.0501. The predicted octanol–water partition coefficient (Wildman–Crippen LogP) is 3.31. The molecule has 114 valence electrons. The van der Waals surface area contributed by atoms with Gasteiger partial charge >= 0.3 is 6.09 Å². The molecular formula is C15H32N2O2. The number of rotatable bonds is 7. The molecule has 0 aliphatic rings. The van der Waals surface area contributed by atoms with Crippen molar-refractivity contribution in [2.45, 2.75) is 79.0 Å². The SMILES string of the molecule is CCC(CNC(C)C(C)CC)NC(=O)OC(C)(C)C. The van der Waals surface area contributed by atoms with E-state index < -0.39 is 5.60 Å². The Bertz CT molecular complexity index is 261. The maximum atomic E-state index is 11.7. The van der Waals surface area contributed by atoms with Crippen LogP contribution < -0.4 is 10.6 Å². The van der Waals surface area contributed by atoms with E-state index in [0.717, 1.165) is 19.4 Å². The minimum absolute atomic E-state index is 0.112. The second-order valence-corrected chi connectivity index (χ2v) is 6.33. The van der Waals surface area contributed by atoms with Gasteiger partial charge in [0.05, 0.1) is 0 Å².